The summed E-state index contributed by atoms with van der Waals surface area (Å²) in [5, 5.41) is 3.16. The molecule has 0 amide bonds. The first-order valence-corrected chi connectivity index (χ1v) is 15.6. The van der Waals surface area contributed by atoms with E-state index in [2.05, 4.69) is 20.3 Å². The van der Waals surface area contributed by atoms with E-state index in [0.717, 1.165) is 5.69 Å². The van der Waals surface area contributed by atoms with Crippen LogP contribution in [-0.4, -0.2) is 85.6 Å². The van der Waals surface area contributed by atoms with Gasteiger partial charge < -0.3 is 38.5 Å². The van der Waals surface area contributed by atoms with E-state index >= 15 is 0 Å². The third-order valence-electron chi connectivity index (χ3n) is 6.81. The maximum Gasteiger partial charge on any atom is 0.264 e. The maximum absolute atomic E-state index is 13.2. The van der Waals surface area contributed by atoms with Crippen molar-refractivity contribution in [1.29, 1.82) is 0 Å². The van der Waals surface area contributed by atoms with Gasteiger partial charge in [0.2, 0.25) is 5.95 Å². The second-order valence-electron chi connectivity index (χ2n) is 10.2. The molecule has 4 heterocycles. The van der Waals surface area contributed by atoms with Gasteiger partial charge in [-0.3, -0.25) is 19.3 Å². The summed E-state index contributed by atoms with van der Waals surface area (Å²) in [5.41, 5.74) is 1.41. The second-order valence-corrected chi connectivity index (χ2v) is 10.2. The van der Waals surface area contributed by atoms with Gasteiger partial charge in [-0.25, -0.2) is 4.98 Å². The highest BCUT2D eigenvalue weighted by Crippen LogP contribution is 2.27. The standard InChI is InChI=1S/C35H39N5O8/c1-40-34(41)30(26-38-35(40)39-27-5-3-2-4-6-27)31-9-7-29(25-37-31)48-28-8-10-32-33(12-14-36-13-11-28)47-24-22-45-20-18-43-16-15-42-17-19-44-21-23-46-32/h2-14,25-26H,15-24H2,1H3,(H,38,39). The van der Waals surface area contributed by atoms with Crippen LogP contribution in [0.5, 0.6) is 23.0 Å². The Bertz CT molecular complexity index is 1690. The molecule has 1 aliphatic heterocycles. The third-order valence-corrected chi connectivity index (χ3v) is 6.81. The first-order chi connectivity index (χ1) is 23.7. The van der Waals surface area contributed by atoms with Gasteiger partial charge in [0.1, 0.15) is 24.7 Å². The number of nitrogens with zero attached hydrogens (tertiary/aromatic N) is 4. The summed E-state index contributed by atoms with van der Waals surface area (Å²) in [7, 11) is 1.66. The van der Waals surface area contributed by atoms with E-state index in [4.69, 9.17) is 33.2 Å². The number of benzene rings is 1. The molecule has 1 N–H and O–H groups in total. The molecule has 4 aromatic rings. The van der Waals surface area contributed by atoms with Crippen molar-refractivity contribution in [3.05, 3.63) is 102 Å². The Labute approximate surface area is 278 Å². The predicted molar refractivity (Wildman–Crippen MR) is 179 cm³/mol. The van der Waals surface area contributed by atoms with Crippen LogP contribution < -0.4 is 25.1 Å². The van der Waals surface area contributed by atoms with Crippen LogP contribution in [0, 0.1) is 0 Å². The summed E-state index contributed by atoms with van der Waals surface area (Å²) >= 11 is 0. The molecule has 3 aromatic heterocycles. The van der Waals surface area contributed by atoms with Crippen molar-refractivity contribution < 1.29 is 33.2 Å². The number of fused-ring (bicyclic) bond motifs is 1. The molecule has 1 aromatic carbocycles. The molecule has 0 fully saturated rings. The van der Waals surface area contributed by atoms with Crippen LogP contribution in [0.3, 0.4) is 0 Å². The van der Waals surface area contributed by atoms with Gasteiger partial charge in [-0.15, -0.1) is 0 Å². The fourth-order valence-electron chi connectivity index (χ4n) is 4.37. The van der Waals surface area contributed by atoms with Gasteiger partial charge in [0.25, 0.3) is 5.56 Å². The van der Waals surface area contributed by atoms with Gasteiger partial charge in [-0.1, -0.05) is 18.2 Å². The highest BCUT2D eigenvalue weighted by Gasteiger charge is 2.12. The van der Waals surface area contributed by atoms with Crippen LogP contribution in [-0.2, 0) is 26.0 Å². The first kappa shape index (κ1) is 34.3. The lowest BCUT2D eigenvalue weighted by Crippen LogP contribution is -2.22. The van der Waals surface area contributed by atoms with Crippen molar-refractivity contribution in [3.8, 4) is 34.3 Å². The minimum absolute atomic E-state index is 0.238. The van der Waals surface area contributed by atoms with E-state index in [-0.39, 0.29) is 12.2 Å². The number of aromatic nitrogens is 4. The largest absolute Gasteiger partial charge is 0.487 e. The molecule has 0 atom stereocenters. The molecule has 0 saturated carbocycles. The van der Waals surface area contributed by atoms with Crippen LogP contribution in [0.2, 0.25) is 0 Å². The van der Waals surface area contributed by atoms with E-state index in [1.54, 1.807) is 62.0 Å². The van der Waals surface area contributed by atoms with Gasteiger partial charge in [-0.05, 0) is 42.5 Å². The van der Waals surface area contributed by atoms with Crippen molar-refractivity contribution in [3.63, 3.8) is 0 Å². The minimum atomic E-state index is -0.238. The number of anilines is 2. The van der Waals surface area contributed by atoms with Crippen LogP contribution in [0.1, 0.15) is 0 Å². The van der Waals surface area contributed by atoms with Crippen LogP contribution >= 0.6 is 0 Å². The molecule has 48 heavy (non-hydrogen) atoms. The first-order valence-electron chi connectivity index (χ1n) is 15.6. The fourth-order valence-corrected chi connectivity index (χ4v) is 4.37. The summed E-state index contributed by atoms with van der Waals surface area (Å²) in [6.45, 7) is 4.12. The number of para-hydroxylation sites is 1. The SMILES string of the molecule is Cn1c(Nc2ccccc2)ncc(-c2ccc(Oc3ccnccc4c(cc3)OCCOCCOCCOCCOCCO4)cn2)c1=O. The number of hydrogen-bond donors (Lipinski definition) is 1. The molecule has 1 aliphatic rings. The van der Waals surface area contributed by atoms with Gasteiger partial charge in [0, 0.05) is 37.4 Å². The topological polar surface area (TPSA) is 137 Å². The maximum atomic E-state index is 13.2. The van der Waals surface area contributed by atoms with Crippen molar-refractivity contribution in [2.24, 2.45) is 7.05 Å². The molecule has 13 heteroatoms. The summed E-state index contributed by atoms with van der Waals surface area (Å²) in [5.74, 6) is 2.27. The summed E-state index contributed by atoms with van der Waals surface area (Å²) in [6.07, 6.45) is 6.26. The van der Waals surface area contributed by atoms with Crippen LogP contribution in [0.15, 0.2) is 96.3 Å². The van der Waals surface area contributed by atoms with Crippen molar-refractivity contribution in [1.82, 2.24) is 19.5 Å². The van der Waals surface area contributed by atoms with E-state index in [1.807, 2.05) is 30.3 Å². The normalized spacial score (nSPS) is 14.9. The lowest BCUT2D eigenvalue weighted by molar-refractivity contribution is -0.00840. The quantitative estimate of drug-likeness (QED) is 0.318. The fraction of sp³-hybridized carbons (Fsp3) is 0.314. The summed E-state index contributed by atoms with van der Waals surface area (Å²) < 4.78 is 41.9. The summed E-state index contributed by atoms with van der Waals surface area (Å²) in [4.78, 5) is 26.4. The number of nitrogens with one attached hydrogen (secondary N) is 1. The number of pyridine rings is 1. The monoisotopic (exact) mass is 657 g/mol. The van der Waals surface area contributed by atoms with Crippen LogP contribution in [0.25, 0.3) is 11.3 Å². The zero-order valence-electron chi connectivity index (χ0n) is 26.8. The van der Waals surface area contributed by atoms with Gasteiger partial charge in [0.05, 0.1) is 70.3 Å². The molecule has 0 unspecified atom stereocenters. The predicted octanol–water partition coefficient (Wildman–Crippen LogP) is 4.74. The second kappa shape index (κ2) is 18.9. The molecule has 0 spiro atoms. The summed E-state index contributed by atoms with van der Waals surface area (Å²) in [6, 6.07) is 19.9. The molecule has 0 radical (unpaired) electrons. The van der Waals surface area contributed by atoms with E-state index in [0.29, 0.717) is 99.7 Å². The molecule has 252 valence electrons. The van der Waals surface area contributed by atoms with Crippen molar-refractivity contribution in [2.45, 2.75) is 0 Å². The highest BCUT2D eigenvalue weighted by molar-refractivity contribution is 5.60. The highest BCUT2D eigenvalue weighted by atomic mass is 16.6. The Hall–Kier alpha value is -5.08. The Kier molecular flexibility index (Phi) is 13.5. The zero-order valence-corrected chi connectivity index (χ0v) is 26.8. The number of ether oxygens (including phenoxy) is 7. The Morgan fingerprint density at radius 1 is 0.646 bits per heavy atom. The van der Waals surface area contributed by atoms with Crippen molar-refractivity contribution in [2.75, 3.05) is 71.4 Å². The molecule has 13 nitrogen and oxygen atoms in total. The minimum Gasteiger partial charge on any atom is -0.487 e. The third kappa shape index (κ3) is 10.7. The Morgan fingerprint density at radius 2 is 1.25 bits per heavy atom. The average molecular weight is 658 g/mol. The molecule has 0 aliphatic carbocycles. The van der Waals surface area contributed by atoms with Crippen molar-refractivity contribution >= 4 is 11.6 Å². The van der Waals surface area contributed by atoms with Gasteiger partial charge >= 0.3 is 0 Å². The Balaban J connectivity index is 1.30. The number of rotatable bonds is 5. The van der Waals surface area contributed by atoms with Gasteiger partial charge in [0.15, 0.2) is 11.5 Å². The smallest absolute Gasteiger partial charge is 0.264 e. The molecule has 0 bridgehead atoms. The zero-order chi connectivity index (χ0) is 33.2. The van der Waals surface area contributed by atoms with Crippen LogP contribution in [0.4, 0.5) is 11.6 Å². The number of hydrogen-bond acceptors (Lipinski definition) is 12. The van der Waals surface area contributed by atoms with E-state index < -0.39 is 0 Å². The van der Waals surface area contributed by atoms with Gasteiger partial charge in [-0.2, -0.15) is 0 Å². The van der Waals surface area contributed by atoms with E-state index in [9.17, 15) is 4.79 Å². The molecular formula is C35H39N5O8. The average Bonchev–Trinajstić information content (AvgIpc) is 3.11. The molecule has 0 saturated heterocycles. The molecule has 5 rings (SSSR count). The lowest BCUT2D eigenvalue weighted by Gasteiger charge is -2.13. The lowest BCUT2D eigenvalue weighted by atomic mass is 10.2. The van der Waals surface area contributed by atoms with E-state index in [1.165, 1.54) is 10.8 Å². The molecular weight excluding hydrogens is 618 g/mol. The Morgan fingerprint density at radius 3 is 1.90 bits per heavy atom.